The van der Waals surface area contributed by atoms with Crippen LogP contribution in [0.15, 0.2) is 18.2 Å². The summed E-state index contributed by atoms with van der Waals surface area (Å²) in [5, 5.41) is 7.37. The molecule has 0 atom stereocenters. The number of rotatable bonds is 4. The molecule has 102 valence electrons. The van der Waals surface area contributed by atoms with Crippen LogP contribution >= 0.6 is 0 Å². The van der Waals surface area contributed by atoms with Gasteiger partial charge in [-0.15, -0.1) is 0 Å². The van der Waals surface area contributed by atoms with E-state index in [1.54, 1.807) is 7.11 Å². The molecule has 0 spiro atoms. The standard InChI is InChI=1S/C15H21N3O/c1-9(2)11-5-6-14(19-4)12(7-11)15-10(3)13(8-16)17-18-15/h5-7,9H,8,16H2,1-4H3,(H,17,18). The monoisotopic (exact) mass is 259 g/mol. The molecule has 1 aromatic carbocycles. The lowest BCUT2D eigenvalue weighted by molar-refractivity contribution is 0.416. The molecule has 0 unspecified atom stereocenters. The molecule has 0 aliphatic heterocycles. The Bertz CT molecular complexity index is 573. The minimum absolute atomic E-state index is 0.463. The van der Waals surface area contributed by atoms with E-state index in [-0.39, 0.29) is 0 Å². The summed E-state index contributed by atoms with van der Waals surface area (Å²) in [6, 6.07) is 6.24. The fourth-order valence-electron chi connectivity index (χ4n) is 2.16. The minimum Gasteiger partial charge on any atom is -0.496 e. The molecule has 0 bridgehead atoms. The SMILES string of the molecule is COc1ccc(C(C)C)cc1-c1n[nH]c(CN)c1C. The third kappa shape index (κ3) is 2.49. The summed E-state index contributed by atoms with van der Waals surface area (Å²) in [6.45, 7) is 6.84. The Labute approximate surface area is 114 Å². The van der Waals surface area contributed by atoms with Crippen LogP contribution in [0.3, 0.4) is 0 Å². The quantitative estimate of drug-likeness (QED) is 0.887. The maximum absolute atomic E-state index is 5.69. The fraction of sp³-hybridized carbons (Fsp3) is 0.400. The van der Waals surface area contributed by atoms with Gasteiger partial charge >= 0.3 is 0 Å². The van der Waals surface area contributed by atoms with Gasteiger partial charge in [-0.25, -0.2) is 0 Å². The molecule has 2 rings (SSSR count). The van der Waals surface area contributed by atoms with Crippen molar-refractivity contribution in [1.29, 1.82) is 0 Å². The number of nitrogens with two attached hydrogens (primary N) is 1. The lowest BCUT2D eigenvalue weighted by atomic mass is 9.97. The van der Waals surface area contributed by atoms with E-state index in [0.29, 0.717) is 12.5 Å². The van der Waals surface area contributed by atoms with Crippen LogP contribution in [-0.2, 0) is 6.54 Å². The number of hydrogen-bond donors (Lipinski definition) is 2. The molecule has 0 aliphatic carbocycles. The molecule has 0 aliphatic rings. The normalized spacial score (nSPS) is 11.1. The minimum atomic E-state index is 0.463. The van der Waals surface area contributed by atoms with E-state index < -0.39 is 0 Å². The van der Waals surface area contributed by atoms with Gasteiger partial charge in [0.05, 0.1) is 18.5 Å². The van der Waals surface area contributed by atoms with E-state index in [1.165, 1.54) is 5.56 Å². The van der Waals surface area contributed by atoms with E-state index in [1.807, 2.05) is 13.0 Å². The first-order chi connectivity index (χ1) is 9.08. The molecule has 2 aromatic rings. The Morgan fingerprint density at radius 2 is 2.11 bits per heavy atom. The summed E-state index contributed by atoms with van der Waals surface area (Å²) in [5.74, 6) is 1.31. The van der Waals surface area contributed by atoms with Crippen molar-refractivity contribution >= 4 is 0 Å². The highest BCUT2D eigenvalue weighted by atomic mass is 16.5. The molecule has 1 heterocycles. The van der Waals surface area contributed by atoms with E-state index >= 15 is 0 Å². The number of benzene rings is 1. The first-order valence-corrected chi connectivity index (χ1v) is 6.50. The van der Waals surface area contributed by atoms with Gasteiger partial charge in [-0.3, -0.25) is 5.10 Å². The van der Waals surface area contributed by atoms with Crippen LogP contribution in [0.4, 0.5) is 0 Å². The molecular formula is C15H21N3O. The van der Waals surface area contributed by atoms with E-state index in [0.717, 1.165) is 28.3 Å². The van der Waals surface area contributed by atoms with E-state index in [2.05, 4.69) is 36.2 Å². The van der Waals surface area contributed by atoms with Crippen LogP contribution in [0.25, 0.3) is 11.3 Å². The van der Waals surface area contributed by atoms with Crippen molar-refractivity contribution in [3.05, 3.63) is 35.0 Å². The summed E-state index contributed by atoms with van der Waals surface area (Å²) < 4.78 is 5.45. The molecule has 0 radical (unpaired) electrons. The first-order valence-electron chi connectivity index (χ1n) is 6.50. The van der Waals surface area contributed by atoms with Gasteiger partial charge in [-0.1, -0.05) is 19.9 Å². The number of aromatic amines is 1. The van der Waals surface area contributed by atoms with Gasteiger partial charge in [-0.2, -0.15) is 5.10 Å². The van der Waals surface area contributed by atoms with Crippen molar-refractivity contribution in [2.75, 3.05) is 7.11 Å². The zero-order chi connectivity index (χ0) is 14.0. The lowest BCUT2D eigenvalue weighted by Gasteiger charge is -2.12. The molecular weight excluding hydrogens is 238 g/mol. The number of aromatic nitrogens is 2. The molecule has 4 nitrogen and oxygen atoms in total. The average molecular weight is 259 g/mol. The summed E-state index contributed by atoms with van der Waals surface area (Å²) in [4.78, 5) is 0. The highest BCUT2D eigenvalue weighted by Crippen LogP contribution is 2.34. The first kappa shape index (κ1) is 13.6. The Morgan fingerprint density at radius 1 is 1.37 bits per heavy atom. The smallest absolute Gasteiger partial charge is 0.128 e. The van der Waals surface area contributed by atoms with Crippen LogP contribution in [0.1, 0.15) is 36.6 Å². The third-order valence-electron chi connectivity index (χ3n) is 3.46. The van der Waals surface area contributed by atoms with Crippen molar-refractivity contribution in [2.45, 2.75) is 33.2 Å². The number of hydrogen-bond acceptors (Lipinski definition) is 3. The number of nitrogens with one attached hydrogen (secondary N) is 1. The largest absolute Gasteiger partial charge is 0.496 e. The second-order valence-electron chi connectivity index (χ2n) is 4.99. The summed E-state index contributed by atoms with van der Waals surface area (Å²) in [6.07, 6.45) is 0. The molecule has 1 aromatic heterocycles. The van der Waals surface area contributed by atoms with Gasteiger partial charge in [0, 0.05) is 12.1 Å². The van der Waals surface area contributed by atoms with Crippen LogP contribution in [-0.4, -0.2) is 17.3 Å². The lowest BCUT2D eigenvalue weighted by Crippen LogP contribution is -1.98. The molecule has 0 amide bonds. The number of nitrogens with zero attached hydrogens (tertiary/aromatic N) is 1. The fourth-order valence-corrected chi connectivity index (χ4v) is 2.16. The third-order valence-corrected chi connectivity index (χ3v) is 3.46. The molecule has 0 saturated heterocycles. The molecule has 19 heavy (non-hydrogen) atoms. The van der Waals surface area contributed by atoms with Gasteiger partial charge in [0.25, 0.3) is 0 Å². The van der Waals surface area contributed by atoms with E-state index in [9.17, 15) is 0 Å². The zero-order valence-electron chi connectivity index (χ0n) is 11.9. The molecule has 0 fully saturated rings. The number of methoxy groups -OCH3 is 1. The maximum atomic E-state index is 5.69. The van der Waals surface area contributed by atoms with Gasteiger partial charge < -0.3 is 10.5 Å². The highest BCUT2D eigenvalue weighted by molar-refractivity contribution is 5.71. The van der Waals surface area contributed by atoms with Gasteiger partial charge in [-0.05, 0) is 36.1 Å². The van der Waals surface area contributed by atoms with Crippen molar-refractivity contribution in [3.63, 3.8) is 0 Å². The summed E-state index contributed by atoms with van der Waals surface area (Å²) in [7, 11) is 1.68. The van der Waals surface area contributed by atoms with Crippen molar-refractivity contribution in [2.24, 2.45) is 5.73 Å². The second kappa shape index (κ2) is 5.45. The van der Waals surface area contributed by atoms with Gasteiger partial charge in [0.1, 0.15) is 5.75 Å². The van der Waals surface area contributed by atoms with Crippen LogP contribution in [0.2, 0.25) is 0 Å². The van der Waals surface area contributed by atoms with Crippen LogP contribution in [0, 0.1) is 6.92 Å². The van der Waals surface area contributed by atoms with Gasteiger partial charge in [0.15, 0.2) is 0 Å². The second-order valence-corrected chi connectivity index (χ2v) is 4.99. The van der Waals surface area contributed by atoms with Crippen molar-refractivity contribution < 1.29 is 4.74 Å². The topological polar surface area (TPSA) is 63.9 Å². The molecule has 0 saturated carbocycles. The Kier molecular flexibility index (Phi) is 3.90. The Balaban J connectivity index is 2.58. The predicted molar refractivity (Wildman–Crippen MR) is 77.3 cm³/mol. The maximum Gasteiger partial charge on any atom is 0.128 e. The molecule has 3 N–H and O–H groups in total. The van der Waals surface area contributed by atoms with Crippen LogP contribution < -0.4 is 10.5 Å². The highest BCUT2D eigenvalue weighted by Gasteiger charge is 2.15. The van der Waals surface area contributed by atoms with E-state index in [4.69, 9.17) is 10.5 Å². The van der Waals surface area contributed by atoms with Crippen molar-refractivity contribution in [3.8, 4) is 17.0 Å². The van der Waals surface area contributed by atoms with Crippen molar-refractivity contribution in [1.82, 2.24) is 10.2 Å². The molecule has 4 heteroatoms. The Morgan fingerprint density at radius 3 is 2.63 bits per heavy atom. The number of H-pyrrole nitrogens is 1. The van der Waals surface area contributed by atoms with Gasteiger partial charge in [0.2, 0.25) is 0 Å². The summed E-state index contributed by atoms with van der Waals surface area (Å²) >= 11 is 0. The zero-order valence-corrected chi connectivity index (χ0v) is 11.9. The van der Waals surface area contributed by atoms with Crippen LogP contribution in [0.5, 0.6) is 5.75 Å². The summed E-state index contributed by atoms with van der Waals surface area (Å²) in [5.41, 5.74) is 10.9. The Hall–Kier alpha value is -1.81. The predicted octanol–water partition coefficient (Wildman–Crippen LogP) is 2.98. The average Bonchev–Trinajstić information content (AvgIpc) is 2.78. The number of ether oxygens (including phenoxy) is 1.